The number of carbonyl (C=O) groups excluding carboxylic acids is 2. The van der Waals surface area contributed by atoms with Gasteiger partial charge in [-0.05, 0) is 25.7 Å². The average Bonchev–Trinajstić information content (AvgIpc) is 1.99. The Morgan fingerprint density at radius 1 is 1.40 bits per heavy atom. The van der Waals surface area contributed by atoms with Gasteiger partial charge in [0.05, 0.1) is 6.08 Å². The van der Waals surface area contributed by atoms with Crippen LogP contribution in [0.2, 0.25) is 19.6 Å². The fourth-order valence-corrected chi connectivity index (χ4v) is 1.74. The van der Waals surface area contributed by atoms with Crippen LogP contribution in [0.25, 0.3) is 0 Å². The van der Waals surface area contributed by atoms with E-state index in [1.54, 1.807) is 6.08 Å². The Morgan fingerprint density at radius 3 is 2.47 bits per heavy atom. The Balaban J connectivity index is 3.95. The lowest BCUT2D eigenvalue weighted by Gasteiger charge is -2.14. The van der Waals surface area contributed by atoms with E-state index in [1.807, 2.05) is 19.6 Å². The zero-order chi connectivity index (χ0) is 11.9. The Morgan fingerprint density at radius 2 is 2.00 bits per heavy atom. The molecule has 84 valence electrons. The predicted octanol–water partition coefficient (Wildman–Crippen LogP) is 2.36. The van der Waals surface area contributed by atoms with E-state index in [2.05, 4.69) is 5.73 Å². The Labute approximate surface area is 95.7 Å². The molecular formula is C10H16O3SSi. The third kappa shape index (κ3) is 11.2. The number of thioether (sulfide) groups is 1. The normalized spacial score (nSPS) is 10.1. The van der Waals surface area contributed by atoms with Crippen LogP contribution in [0.3, 0.4) is 0 Å². The minimum atomic E-state index is -1.80. The second kappa shape index (κ2) is 6.66. The van der Waals surface area contributed by atoms with E-state index in [4.69, 9.17) is 4.43 Å². The van der Waals surface area contributed by atoms with Crippen molar-refractivity contribution < 1.29 is 14.0 Å². The van der Waals surface area contributed by atoms with E-state index in [1.165, 1.54) is 24.8 Å². The summed E-state index contributed by atoms with van der Waals surface area (Å²) in [6.07, 6.45) is 2.90. The van der Waals surface area contributed by atoms with Crippen LogP contribution in [0.4, 0.5) is 0 Å². The van der Waals surface area contributed by atoms with E-state index < -0.39 is 8.32 Å². The summed E-state index contributed by atoms with van der Waals surface area (Å²) in [6.45, 7) is 7.32. The number of rotatable bonds is 4. The van der Waals surface area contributed by atoms with Gasteiger partial charge in [-0.1, -0.05) is 11.8 Å². The van der Waals surface area contributed by atoms with Crippen molar-refractivity contribution in [3.8, 4) is 0 Å². The van der Waals surface area contributed by atoms with E-state index >= 15 is 0 Å². The molecule has 0 amide bonds. The highest BCUT2D eigenvalue weighted by Gasteiger charge is 2.17. The first-order valence-electron chi connectivity index (χ1n) is 4.58. The summed E-state index contributed by atoms with van der Waals surface area (Å²) in [7, 11) is -1.80. The quantitative estimate of drug-likeness (QED) is 0.432. The second-order valence-electron chi connectivity index (χ2n) is 3.85. The van der Waals surface area contributed by atoms with Crippen molar-refractivity contribution in [2.75, 3.05) is 5.75 Å². The van der Waals surface area contributed by atoms with Gasteiger partial charge >= 0.3 is 5.97 Å². The maximum atomic E-state index is 11.2. The van der Waals surface area contributed by atoms with E-state index in [9.17, 15) is 9.59 Å². The lowest BCUT2D eigenvalue weighted by atomic mass is 10.5. The predicted molar refractivity (Wildman–Crippen MR) is 65.2 cm³/mol. The Hall–Kier alpha value is -0.773. The molecule has 15 heavy (non-hydrogen) atoms. The van der Waals surface area contributed by atoms with Crippen molar-refractivity contribution in [1.29, 1.82) is 0 Å². The molecule has 0 radical (unpaired) electrons. The molecule has 0 aliphatic carbocycles. The molecule has 0 rings (SSSR count). The van der Waals surface area contributed by atoms with Crippen LogP contribution in [-0.4, -0.2) is 25.2 Å². The number of hydrogen-bond donors (Lipinski definition) is 0. The van der Waals surface area contributed by atoms with Gasteiger partial charge in [-0.15, -0.1) is 5.73 Å². The topological polar surface area (TPSA) is 43.4 Å². The van der Waals surface area contributed by atoms with Gasteiger partial charge in [0.2, 0.25) is 8.32 Å². The largest absolute Gasteiger partial charge is 0.516 e. The summed E-state index contributed by atoms with van der Waals surface area (Å²) in [5.74, 6) is 0.171. The van der Waals surface area contributed by atoms with Gasteiger partial charge in [-0.2, -0.15) is 0 Å². The van der Waals surface area contributed by atoms with Crippen molar-refractivity contribution in [2.24, 2.45) is 0 Å². The van der Waals surface area contributed by atoms with Crippen molar-refractivity contribution in [1.82, 2.24) is 0 Å². The van der Waals surface area contributed by atoms with Gasteiger partial charge < -0.3 is 4.43 Å². The van der Waals surface area contributed by atoms with Crippen molar-refractivity contribution in [3.63, 3.8) is 0 Å². The molecule has 0 heterocycles. The summed E-state index contributed by atoms with van der Waals surface area (Å²) < 4.78 is 5.15. The molecule has 0 spiro atoms. The first-order valence-corrected chi connectivity index (χ1v) is 8.98. The third-order valence-electron chi connectivity index (χ3n) is 1.10. The minimum Gasteiger partial charge on any atom is -0.516 e. The molecule has 0 aliphatic heterocycles. The monoisotopic (exact) mass is 244 g/mol. The summed E-state index contributed by atoms with van der Waals surface area (Å²) in [4.78, 5) is 21.7. The van der Waals surface area contributed by atoms with Gasteiger partial charge in [0.25, 0.3) is 0 Å². The molecule has 0 aromatic rings. The van der Waals surface area contributed by atoms with Crippen LogP contribution >= 0.6 is 11.8 Å². The molecule has 0 saturated heterocycles. The average molecular weight is 244 g/mol. The summed E-state index contributed by atoms with van der Waals surface area (Å²) >= 11 is 1.18. The second-order valence-corrected chi connectivity index (χ2v) is 9.48. The molecule has 5 heteroatoms. The molecule has 0 N–H and O–H groups in total. The molecule has 0 atom stereocenters. The maximum Gasteiger partial charge on any atom is 0.325 e. The van der Waals surface area contributed by atoms with Crippen LogP contribution in [0, 0.1) is 0 Å². The molecule has 0 saturated carbocycles. The van der Waals surface area contributed by atoms with Gasteiger partial charge in [0.15, 0.2) is 5.12 Å². The first kappa shape index (κ1) is 14.2. The molecule has 0 bridgehead atoms. The van der Waals surface area contributed by atoms with Crippen molar-refractivity contribution in [2.45, 2.75) is 26.6 Å². The highest BCUT2D eigenvalue weighted by atomic mass is 32.2. The molecule has 0 aliphatic rings. The SMILES string of the molecule is CC(=O)SCC=C=CC(=O)O[Si](C)(C)C. The van der Waals surface area contributed by atoms with E-state index in [-0.39, 0.29) is 11.1 Å². The summed E-state index contributed by atoms with van der Waals surface area (Å²) in [6, 6.07) is 0. The standard InChI is InChI=1S/C10H16O3SSi/c1-9(11)14-8-6-5-7-10(12)13-15(2,3)4/h6-7H,8H2,1-4H3. The van der Waals surface area contributed by atoms with Gasteiger partial charge in [0.1, 0.15) is 0 Å². The van der Waals surface area contributed by atoms with Crippen LogP contribution in [0.1, 0.15) is 6.92 Å². The lowest BCUT2D eigenvalue weighted by Crippen LogP contribution is -2.28. The van der Waals surface area contributed by atoms with Crippen LogP contribution in [0.15, 0.2) is 17.9 Å². The zero-order valence-electron chi connectivity index (χ0n) is 9.49. The number of hydrogen-bond acceptors (Lipinski definition) is 4. The summed E-state index contributed by atoms with van der Waals surface area (Å²) in [5, 5.41) is 0.0534. The maximum absolute atomic E-state index is 11.2. The molecule has 0 fully saturated rings. The zero-order valence-corrected chi connectivity index (χ0v) is 11.3. The highest BCUT2D eigenvalue weighted by molar-refractivity contribution is 8.13. The van der Waals surface area contributed by atoms with Crippen LogP contribution < -0.4 is 0 Å². The fourth-order valence-electron chi connectivity index (χ4n) is 0.665. The van der Waals surface area contributed by atoms with Crippen molar-refractivity contribution >= 4 is 31.2 Å². The fraction of sp³-hybridized carbons (Fsp3) is 0.500. The highest BCUT2D eigenvalue weighted by Crippen LogP contribution is 2.03. The smallest absolute Gasteiger partial charge is 0.325 e. The Kier molecular flexibility index (Phi) is 6.32. The Bertz CT molecular complexity index is 298. The molecule has 3 nitrogen and oxygen atoms in total. The van der Waals surface area contributed by atoms with E-state index in [0.717, 1.165) is 0 Å². The third-order valence-corrected chi connectivity index (χ3v) is 2.65. The molecule has 0 aromatic carbocycles. The minimum absolute atomic E-state index is 0.0534. The van der Waals surface area contributed by atoms with Crippen LogP contribution in [-0.2, 0) is 14.0 Å². The van der Waals surface area contributed by atoms with Gasteiger partial charge in [-0.25, -0.2) is 4.79 Å². The van der Waals surface area contributed by atoms with Crippen LogP contribution in [0.5, 0.6) is 0 Å². The van der Waals surface area contributed by atoms with Gasteiger partial charge in [0, 0.05) is 12.7 Å². The number of carbonyl (C=O) groups is 2. The lowest BCUT2D eigenvalue weighted by molar-refractivity contribution is -0.129. The first-order chi connectivity index (χ1) is 6.81. The summed E-state index contributed by atoms with van der Waals surface area (Å²) in [5.41, 5.74) is 2.69. The molecule has 0 aromatic heterocycles. The van der Waals surface area contributed by atoms with Gasteiger partial charge in [-0.3, -0.25) is 4.79 Å². The molecule has 0 unspecified atom stereocenters. The molecular weight excluding hydrogens is 228 g/mol. The van der Waals surface area contributed by atoms with E-state index in [0.29, 0.717) is 5.75 Å². The van der Waals surface area contributed by atoms with Crippen molar-refractivity contribution in [3.05, 3.63) is 17.9 Å².